The van der Waals surface area contributed by atoms with Gasteiger partial charge in [-0.2, -0.15) is 0 Å². The summed E-state index contributed by atoms with van der Waals surface area (Å²) in [6, 6.07) is 2.28. The van der Waals surface area contributed by atoms with E-state index in [-0.39, 0.29) is 5.91 Å². The van der Waals surface area contributed by atoms with E-state index < -0.39 is 0 Å². The molecule has 1 saturated heterocycles. The van der Waals surface area contributed by atoms with Crippen molar-refractivity contribution in [1.82, 2.24) is 4.90 Å². The zero-order valence-electron chi connectivity index (χ0n) is 8.30. The lowest BCUT2D eigenvalue weighted by Crippen LogP contribution is -2.33. The van der Waals surface area contributed by atoms with Crippen LogP contribution in [-0.2, 0) is 0 Å². The zero-order chi connectivity index (χ0) is 11.0. The minimum absolute atomic E-state index is 0.163. The molecule has 1 fully saturated rings. The minimum atomic E-state index is 0.163. The molecular formula is C10H11Br2NOS. The highest BCUT2D eigenvalue weighted by molar-refractivity contribution is 9.13. The van der Waals surface area contributed by atoms with Crippen LogP contribution >= 0.6 is 43.2 Å². The zero-order valence-corrected chi connectivity index (χ0v) is 12.3. The summed E-state index contributed by atoms with van der Waals surface area (Å²) in [7, 11) is 0. The molecule has 82 valence electrons. The van der Waals surface area contributed by atoms with Gasteiger partial charge in [-0.15, -0.1) is 11.3 Å². The van der Waals surface area contributed by atoms with Crippen molar-refractivity contribution in [3.8, 4) is 0 Å². The molecule has 1 aromatic heterocycles. The Labute approximate surface area is 110 Å². The van der Waals surface area contributed by atoms with Gasteiger partial charge in [0.1, 0.15) is 0 Å². The van der Waals surface area contributed by atoms with Gasteiger partial charge in [0.15, 0.2) is 0 Å². The molecule has 0 bridgehead atoms. The van der Waals surface area contributed by atoms with Gasteiger partial charge in [-0.25, -0.2) is 0 Å². The highest BCUT2D eigenvalue weighted by atomic mass is 79.9. The standard InChI is InChI=1S/C10H11Br2NOS/c1-6-3-2-4-13(6)10(14)8-5-7(11)9(12)15-8/h5-6H,2-4H2,1H3. The van der Waals surface area contributed by atoms with Gasteiger partial charge >= 0.3 is 0 Å². The maximum Gasteiger partial charge on any atom is 0.264 e. The molecule has 1 amide bonds. The van der Waals surface area contributed by atoms with Gasteiger partial charge < -0.3 is 4.90 Å². The normalized spacial score (nSPS) is 21.0. The molecule has 2 rings (SSSR count). The Kier molecular flexibility index (Phi) is 3.52. The number of likely N-dealkylation sites (tertiary alicyclic amines) is 1. The van der Waals surface area contributed by atoms with Crippen LogP contribution in [0.4, 0.5) is 0 Å². The van der Waals surface area contributed by atoms with Crippen LogP contribution in [0.5, 0.6) is 0 Å². The SMILES string of the molecule is CC1CCCN1C(=O)c1cc(Br)c(Br)s1. The quantitative estimate of drug-likeness (QED) is 0.750. The fourth-order valence-electron chi connectivity index (χ4n) is 1.83. The topological polar surface area (TPSA) is 20.3 Å². The summed E-state index contributed by atoms with van der Waals surface area (Å²) in [5, 5.41) is 0. The molecule has 0 aromatic carbocycles. The molecule has 2 nitrogen and oxygen atoms in total. The molecule has 15 heavy (non-hydrogen) atoms. The number of carbonyl (C=O) groups excluding carboxylic acids is 1. The third-order valence-electron chi connectivity index (χ3n) is 2.67. The van der Waals surface area contributed by atoms with Crippen LogP contribution in [0, 0.1) is 0 Å². The maximum atomic E-state index is 12.1. The number of hydrogen-bond acceptors (Lipinski definition) is 2. The Balaban J connectivity index is 2.20. The van der Waals surface area contributed by atoms with Crippen LogP contribution in [0.15, 0.2) is 14.3 Å². The van der Waals surface area contributed by atoms with Crippen LogP contribution in [0.2, 0.25) is 0 Å². The van der Waals surface area contributed by atoms with Gasteiger partial charge in [0.05, 0.1) is 8.66 Å². The van der Waals surface area contributed by atoms with Gasteiger partial charge in [0.25, 0.3) is 5.91 Å². The summed E-state index contributed by atoms with van der Waals surface area (Å²) in [4.78, 5) is 14.9. The first-order valence-electron chi connectivity index (χ1n) is 4.85. The highest BCUT2D eigenvalue weighted by Crippen LogP contribution is 2.34. The second-order valence-corrected chi connectivity index (χ2v) is 6.95. The number of carbonyl (C=O) groups is 1. The molecule has 0 radical (unpaired) electrons. The molecule has 0 aliphatic carbocycles. The van der Waals surface area contributed by atoms with Gasteiger partial charge in [0, 0.05) is 17.1 Å². The largest absolute Gasteiger partial charge is 0.335 e. The van der Waals surface area contributed by atoms with Crippen molar-refractivity contribution in [2.45, 2.75) is 25.8 Å². The molecule has 1 aliphatic rings. The molecule has 1 aliphatic heterocycles. The van der Waals surface area contributed by atoms with E-state index in [4.69, 9.17) is 0 Å². The Hall–Kier alpha value is 0.130. The maximum absolute atomic E-state index is 12.1. The van der Waals surface area contributed by atoms with E-state index in [2.05, 4.69) is 38.8 Å². The van der Waals surface area contributed by atoms with Crippen molar-refractivity contribution in [3.63, 3.8) is 0 Å². The number of rotatable bonds is 1. The summed E-state index contributed by atoms with van der Waals surface area (Å²) >= 11 is 8.30. The van der Waals surface area contributed by atoms with Crippen molar-refractivity contribution < 1.29 is 4.79 Å². The molecule has 0 saturated carbocycles. The highest BCUT2D eigenvalue weighted by Gasteiger charge is 2.27. The van der Waals surface area contributed by atoms with Crippen molar-refractivity contribution in [2.75, 3.05) is 6.54 Å². The first-order chi connectivity index (χ1) is 7.09. The predicted octanol–water partition coefficient (Wildman–Crippen LogP) is 3.90. The van der Waals surface area contributed by atoms with Gasteiger partial charge in [-0.1, -0.05) is 0 Å². The summed E-state index contributed by atoms with van der Waals surface area (Å²) in [5.41, 5.74) is 0. The number of hydrogen-bond donors (Lipinski definition) is 0. The molecule has 0 spiro atoms. The van der Waals surface area contributed by atoms with Crippen molar-refractivity contribution in [1.29, 1.82) is 0 Å². The van der Waals surface area contributed by atoms with E-state index in [9.17, 15) is 4.79 Å². The third kappa shape index (κ3) is 2.29. The van der Waals surface area contributed by atoms with E-state index in [1.807, 2.05) is 11.0 Å². The Morgan fingerprint density at radius 2 is 2.33 bits per heavy atom. The third-order valence-corrected chi connectivity index (χ3v) is 5.91. The average molecular weight is 353 g/mol. The predicted molar refractivity (Wildman–Crippen MR) is 69.5 cm³/mol. The van der Waals surface area contributed by atoms with E-state index >= 15 is 0 Å². The van der Waals surface area contributed by atoms with Crippen molar-refractivity contribution in [2.24, 2.45) is 0 Å². The smallest absolute Gasteiger partial charge is 0.264 e. The summed E-state index contributed by atoms with van der Waals surface area (Å²) in [6.45, 7) is 3.01. The lowest BCUT2D eigenvalue weighted by atomic mass is 10.2. The Bertz CT molecular complexity index is 371. The van der Waals surface area contributed by atoms with Crippen LogP contribution in [0.25, 0.3) is 0 Å². The van der Waals surface area contributed by atoms with E-state index in [1.165, 1.54) is 11.3 Å². The van der Waals surface area contributed by atoms with Gasteiger partial charge in [-0.05, 0) is 57.7 Å². The Morgan fingerprint density at radius 1 is 1.60 bits per heavy atom. The van der Waals surface area contributed by atoms with E-state index in [0.717, 1.165) is 32.5 Å². The second kappa shape index (κ2) is 4.55. The van der Waals surface area contributed by atoms with Crippen molar-refractivity contribution in [3.05, 3.63) is 19.2 Å². The average Bonchev–Trinajstić information content (AvgIpc) is 2.74. The number of thiophene rings is 1. The number of halogens is 2. The first-order valence-corrected chi connectivity index (χ1v) is 7.25. The van der Waals surface area contributed by atoms with E-state index in [1.54, 1.807) is 0 Å². The van der Waals surface area contributed by atoms with E-state index in [0.29, 0.717) is 6.04 Å². The lowest BCUT2D eigenvalue weighted by molar-refractivity contribution is 0.0752. The summed E-state index contributed by atoms with van der Waals surface area (Å²) in [6.07, 6.45) is 2.25. The first kappa shape index (κ1) is 11.6. The molecule has 1 unspecified atom stereocenters. The van der Waals surface area contributed by atoms with Crippen LogP contribution < -0.4 is 0 Å². The molecule has 1 atom stereocenters. The molecule has 0 N–H and O–H groups in total. The van der Waals surface area contributed by atoms with Crippen LogP contribution in [0.1, 0.15) is 29.4 Å². The van der Waals surface area contributed by atoms with Crippen LogP contribution in [0.3, 0.4) is 0 Å². The van der Waals surface area contributed by atoms with Gasteiger partial charge in [-0.3, -0.25) is 4.79 Å². The monoisotopic (exact) mass is 351 g/mol. The molecule has 2 heterocycles. The lowest BCUT2D eigenvalue weighted by Gasteiger charge is -2.20. The summed E-state index contributed by atoms with van der Waals surface area (Å²) < 4.78 is 1.94. The number of amides is 1. The number of nitrogens with zero attached hydrogens (tertiary/aromatic N) is 1. The minimum Gasteiger partial charge on any atom is -0.335 e. The fraction of sp³-hybridized carbons (Fsp3) is 0.500. The van der Waals surface area contributed by atoms with Crippen LogP contribution in [-0.4, -0.2) is 23.4 Å². The fourth-order valence-corrected chi connectivity index (χ4v) is 3.82. The Morgan fingerprint density at radius 3 is 2.80 bits per heavy atom. The molecular weight excluding hydrogens is 342 g/mol. The molecule has 1 aromatic rings. The molecule has 5 heteroatoms. The summed E-state index contributed by atoms with van der Waals surface area (Å²) in [5.74, 6) is 0.163. The van der Waals surface area contributed by atoms with Crippen molar-refractivity contribution >= 4 is 49.1 Å². The van der Waals surface area contributed by atoms with Gasteiger partial charge in [0.2, 0.25) is 0 Å². The second-order valence-electron chi connectivity index (χ2n) is 3.72.